The van der Waals surface area contributed by atoms with E-state index >= 15 is 0 Å². The number of nitrogens with one attached hydrogen (secondary N) is 1. The minimum absolute atomic E-state index is 0.428. The molecule has 4 heteroatoms. The highest BCUT2D eigenvalue weighted by Crippen LogP contribution is 2.28. The molecule has 0 radical (unpaired) electrons. The number of carbonyl (C=O) groups excluding carboxylic acids is 1. The van der Waals surface area contributed by atoms with Gasteiger partial charge < -0.3 is 15.2 Å². The van der Waals surface area contributed by atoms with Crippen LogP contribution in [-0.2, 0) is 4.79 Å². The third-order valence-corrected chi connectivity index (χ3v) is 2.17. The largest absolute Gasteiger partial charge is 0.485 e. The van der Waals surface area contributed by atoms with Gasteiger partial charge in [0.15, 0.2) is 6.10 Å². The van der Waals surface area contributed by atoms with Crippen LogP contribution >= 0.6 is 0 Å². The SMILES string of the molecule is C[C@@H]1Oc2ccccc2NC(=O)[C@@H]1O. The lowest BCUT2D eigenvalue weighted by molar-refractivity contribution is -0.127. The Balaban J connectivity index is 2.39. The maximum absolute atomic E-state index is 11.3. The van der Waals surface area contributed by atoms with Gasteiger partial charge in [-0.15, -0.1) is 0 Å². The molecule has 2 rings (SSSR count). The average Bonchev–Trinajstić information content (AvgIpc) is 2.28. The van der Waals surface area contributed by atoms with Crippen molar-refractivity contribution in [3.05, 3.63) is 24.3 Å². The molecule has 0 aromatic heterocycles. The fourth-order valence-corrected chi connectivity index (χ4v) is 1.36. The summed E-state index contributed by atoms with van der Waals surface area (Å²) in [6.07, 6.45) is -1.65. The first kappa shape index (κ1) is 9.02. The van der Waals surface area contributed by atoms with Crippen LogP contribution in [0.15, 0.2) is 24.3 Å². The summed E-state index contributed by atoms with van der Waals surface area (Å²) < 4.78 is 5.41. The molecule has 0 fully saturated rings. The molecule has 2 N–H and O–H groups in total. The van der Waals surface area contributed by atoms with Gasteiger partial charge in [-0.25, -0.2) is 0 Å². The molecule has 74 valence electrons. The number of fused-ring (bicyclic) bond motifs is 1. The fourth-order valence-electron chi connectivity index (χ4n) is 1.36. The summed E-state index contributed by atoms with van der Waals surface area (Å²) in [6.45, 7) is 1.66. The summed E-state index contributed by atoms with van der Waals surface area (Å²) in [4.78, 5) is 11.3. The molecule has 0 saturated carbocycles. The standard InChI is InChI=1S/C10H11NO3/c1-6-9(12)10(13)11-7-4-2-3-5-8(7)14-6/h2-6,9,12H,1H3,(H,11,13)/t6-,9+/m0/s1. The van der Waals surface area contributed by atoms with Crippen molar-refractivity contribution in [3.8, 4) is 5.75 Å². The number of rotatable bonds is 0. The molecule has 14 heavy (non-hydrogen) atoms. The minimum Gasteiger partial charge on any atom is -0.485 e. The van der Waals surface area contributed by atoms with E-state index in [1.807, 2.05) is 6.07 Å². The molecule has 0 unspecified atom stereocenters. The van der Waals surface area contributed by atoms with Crippen molar-refractivity contribution in [2.75, 3.05) is 5.32 Å². The van der Waals surface area contributed by atoms with Crippen LogP contribution in [0.25, 0.3) is 0 Å². The first-order valence-corrected chi connectivity index (χ1v) is 4.43. The summed E-state index contributed by atoms with van der Waals surface area (Å²) in [6, 6.07) is 7.10. The molecule has 1 aromatic carbocycles. The van der Waals surface area contributed by atoms with Crippen LogP contribution in [0.5, 0.6) is 5.75 Å². The van der Waals surface area contributed by atoms with Crippen molar-refractivity contribution in [1.82, 2.24) is 0 Å². The van der Waals surface area contributed by atoms with E-state index in [0.717, 1.165) is 0 Å². The Morgan fingerprint density at radius 1 is 1.43 bits per heavy atom. The number of carbonyl (C=O) groups is 1. The molecule has 1 aliphatic rings. The molecule has 2 atom stereocenters. The maximum atomic E-state index is 11.3. The molecule has 0 saturated heterocycles. The van der Waals surface area contributed by atoms with Gasteiger partial charge in [0.2, 0.25) is 0 Å². The Kier molecular flexibility index (Phi) is 2.13. The highest BCUT2D eigenvalue weighted by molar-refractivity contribution is 5.96. The van der Waals surface area contributed by atoms with Gasteiger partial charge in [-0.2, -0.15) is 0 Å². The number of hydrogen-bond acceptors (Lipinski definition) is 3. The number of hydrogen-bond donors (Lipinski definition) is 2. The highest BCUT2D eigenvalue weighted by Gasteiger charge is 2.28. The van der Waals surface area contributed by atoms with E-state index in [9.17, 15) is 9.90 Å². The quantitative estimate of drug-likeness (QED) is 0.639. The number of para-hydroxylation sites is 2. The number of ether oxygens (including phenoxy) is 1. The van der Waals surface area contributed by atoms with Crippen LogP contribution in [0.3, 0.4) is 0 Å². The van der Waals surface area contributed by atoms with Crippen LogP contribution in [0.4, 0.5) is 5.69 Å². The van der Waals surface area contributed by atoms with Gasteiger partial charge >= 0.3 is 0 Å². The van der Waals surface area contributed by atoms with Gasteiger partial charge in [-0.1, -0.05) is 12.1 Å². The van der Waals surface area contributed by atoms with E-state index in [2.05, 4.69) is 5.32 Å². The lowest BCUT2D eigenvalue weighted by Crippen LogP contribution is -2.37. The van der Waals surface area contributed by atoms with Crippen LogP contribution in [0.2, 0.25) is 0 Å². The van der Waals surface area contributed by atoms with Crippen molar-refractivity contribution in [1.29, 1.82) is 0 Å². The lowest BCUT2D eigenvalue weighted by Gasteiger charge is -2.14. The number of aliphatic hydroxyl groups is 1. The Morgan fingerprint density at radius 2 is 2.14 bits per heavy atom. The van der Waals surface area contributed by atoms with Gasteiger partial charge in [-0.05, 0) is 19.1 Å². The molecule has 1 heterocycles. The van der Waals surface area contributed by atoms with Gasteiger partial charge in [0.25, 0.3) is 5.91 Å². The Morgan fingerprint density at radius 3 is 2.93 bits per heavy atom. The molecule has 1 aromatic rings. The van der Waals surface area contributed by atoms with Crippen molar-refractivity contribution in [3.63, 3.8) is 0 Å². The molecule has 0 bridgehead atoms. The molecule has 1 aliphatic heterocycles. The zero-order chi connectivity index (χ0) is 10.1. The summed E-state index contributed by atoms with van der Waals surface area (Å²) in [5.74, 6) is 0.160. The molecule has 0 aliphatic carbocycles. The van der Waals surface area contributed by atoms with Gasteiger partial charge in [-0.3, -0.25) is 4.79 Å². The van der Waals surface area contributed by atoms with Gasteiger partial charge in [0.05, 0.1) is 5.69 Å². The monoisotopic (exact) mass is 193 g/mol. The predicted octanol–water partition coefficient (Wildman–Crippen LogP) is 0.767. The Bertz CT molecular complexity index is 364. The van der Waals surface area contributed by atoms with Crippen molar-refractivity contribution < 1.29 is 14.6 Å². The smallest absolute Gasteiger partial charge is 0.257 e. The molecule has 4 nitrogen and oxygen atoms in total. The van der Waals surface area contributed by atoms with Crippen molar-refractivity contribution >= 4 is 11.6 Å². The second kappa shape index (κ2) is 3.31. The number of benzene rings is 1. The minimum atomic E-state index is -1.12. The summed E-state index contributed by atoms with van der Waals surface area (Å²) in [7, 11) is 0. The maximum Gasteiger partial charge on any atom is 0.257 e. The third kappa shape index (κ3) is 1.44. The summed E-state index contributed by atoms with van der Waals surface area (Å²) in [5, 5.41) is 12.0. The first-order chi connectivity index (χ1) is 6.68. The fraction of sp³-hybridized carbons (Fsp3) is 0.300. The van der Waals surface area contributed by atoms with E-state index in [1.165, 1.54) is 0 Å². The zero-order valence-electron chi connectivity index (χ0n) is 7.73. The summed E-state index contributed by atoms with van der Waals surface area (Å²) >= 11 is 0. The van der Waals surface area contributed by atoms with Crippen LogP contribution < -0.4 is 10.1 Å². The Labute approximate surface area is 81.5 Å². The molecular formula is C10H11NO3. The number of aliphatic hydroxyl groups excluding tert-OH is 1. The van der Waals surface area contributed by atoms with E-state index in [0.29, 0.717) is 11.4 Å². The van der Waals surface area contributed by atoms with Crippen LogP contribution in [-0.4, -0.2) is 23.2 Å². The lowest BCUT2D eigenvalue weighted by atomic mass is 10.2. The van der Waals surface area contributed by atoms with Crippen molar-refractivity contribution in [2.45, 2.75) is 19.1 Å². The van der Waals surface area contributed by atoms with Gasteiger partial charge in [0, 0.05) is 0 Å². The van der Waals surface area contributed by atoms with Crippen LogP contribution in [0, 0.1) is 0 Å². The Hall–Kier alpha value is -1.55. The topological polar surface area (TPSA) is 58.6 Å². The van der Waals surface area contributed by atoms with E-state index in [-0.39, 0.29) is 0 Å². The number of anilines is 1. The van der Waals surface area contributed by atoms with E-state index in [4.69, 9.17) is 4.74 Å². The average molecular weight is 193 g/mol. The summed E-state index contributed by atoms with van der Waals surface area (Å²) in [5.41, 5.74) is 0.598. The van der Waals surface area contributed by atoms with E-state index in [1.54, 1.807) is 25.1 Å². The second-order valence-electron chi connectivity index (χ2n) is 3.25. The zero-order valence-corrected chi connectivity index (χ0v) is 7.73. The predicted molar refractivity (Wildman–Crippen MR) is 51.2 cm³/mol. The molecule has 0 spiro atoms. The van der Waals surface area contributed by atoms with Crippen LogP contribution in [0.1, 0.15) is 6.92 Å². The third-order valence-electron chi connectivity index (χ3n) is 2.17. The normalized spacial score (nSPS) is 25.7. The second-order valence-corrected chi connectivity index (χ2v) is 3.25. The molecule has 1 amide bonds. The van der Waals surface area contributed by atoms with E-state index < -0.39 is 18.1 Å². The van der Waals surface area contributed by atoms with Crippen molar-refractivity contribution in [2.24, 2.45) is 0 Å². The first-order valence-electron chi connectivity index (χ1n) is 4.43. The molecular weight excluding hydrogens is 182 g/mol. The highest BCUT2D eigenvalue weighted by atomic mass is 16.5. The van der Waals surface area contributed by atoms with Gasteiger partial charge in [0.1, 0.15) is 11.9 Å². The number of amides is 1.